The van der Waals surface area contributed by atoms with E-state index in [0.717, 1.165) is 12.1 Å². The SMILES string of the molecule is NC(=O)c1cc(S(=O)(=O)c2ccccn2)sc1NC(=O)c1ccccc1F. The topological polar surface area (TPSA) is 119 Å². The van der Waals surface area contributed by atoms with Gasteiger partial charge < -0.3 is 11.1 Å². The number of aromatic nitrogens is 1. The molecule has 0 bridgehead atoms. The number of halogens is 1. The maximum absolute atomic E-state index is 13.8. The van der Waals surface area contributed by atoms with Crippen LogP contribution in [0.3, 0.4) is 0 Å². The van der Waals surface area contributed by atoms with Gasteiger partial charge in [0.1, 0.15) is 15.0 Å². The Bertz CT molecular complexity index is 1130. The highest BCUT2D eigenvalue weighted by molar-refractivity contribution is 7.93. The van der Waals surface area contributed by atoms with Crippen molar-refractivity contribution in [3.05, 3.63) is 71.7 Å². The van der Waals surface area contributed by atoms with E-state index < -0.39 is 27.5 Å². The molecule has 1 aromatic carbocycles. The van der Waals surface area contributed by atoms with E-state index in [1.807, 2.05) is 0 Å². The molecule has 0 unspecified atom stereocenters. The van der Waals surface area contributed by atoms with Crippen LogP contribution in [-0.4, -0.2) is 25.2 Å². The number of hydrogen-bond donors (Lipinski definition) is 2. The van der Waals surface area contributed by atoms with E-state index in [0.29, 0.717) is 11.3 Å². The molecule has 0 aliphatic heterocycles. The van der Waals surface area contributed by atoms with Crippen LogP contribution < -0.4 is 11.1 Å². The number of hydrogen-bond acceptors (Lipinski definition) is 6. The lowest BCUT2D eigenvalue weighted by Crippen LogP contribution is -2.17. The summed E-state index contributed by atoms with van der Waals surface area (Å²) in [5.41, 5.74) is 4.84. The summed E-state index contributed by atoms with van der Waals surface area (Å²) in [6, 6.07) is 10.7. The number of carbonyl (C=O) groups excluding carboxylic acids is 2. The summed E-state index contributed by atoms with van der Waals surface area (Å²) in [6.07, 6.45) is 1.32. The van der Waals surface area contributed by atoms with Crippen molar-refractivity contribution in [1.29, 1.82) is 0 Å². The second kappa shape index (κ2) is 7.25. The zero-order valence-electron chi connectivity index (χ0n) is 13.5. The molecule has 3 rings (SSSR count). The van der Waals surface area contributed by atoms with E-state index in [1.165, 1.54) is 36.5 Å². The highest BCUT2D eigenvalue weighted by atomic mass is 32.2. The lowest BCUT2D eigenvalue weighted by Gasteiger charge is -2.05. The molecule has 10 heteroatoms. The van der Waals surface area contributed by atoms with E-state index in [2.05, 4.69) is 10.3 Å². The molecule has 138 valence electrons. The molecule has 3 N–H and O–H groups in total. The van der Waals surface area contributed by atoms with Crippen molar-refractivity contribution in [3.8, 4) is 0 Å². The summed E-state index contributed by atoms with van der Waals surface area (Å²) in [7, 11) is -4.01. The zero-order valence-corrected chi connectivity index (χ0v) is 15.2. The number of sulfone groups is 1. The number of pyridine rings is 1. The van der Waals surface area contributed by atoms with Crippen LogP contribution in [0.5, 0.6) is 0 Å². The summed E-state index contributed by atoms with van der Waals surface area (Å²) in [5, 5.41) is 2.04. The number of carbonyl (C=O) groups is 2. The number of anilines is 1. The molecule has 0 fully saturated rings. The van der Waals surface area contributed by atoms with Gasteiger partial charge in [-0.3, -0.25) is 9.59 Å². The number of nitrogens with two attached hydrogens (primary N) is 1. The first kappa shape index (κ1) is 18.7. The highest BCUT2D eigenvalue weighted by Gasteiger charge is 2.26. The lowest BCUT2D eigenvalue weighted by atomic mass is 10.2. The summed E-state index contributed by atoms with van der Waals surface area (Å²) < 4.78 is 38.9. The van der Waals surface area contributed by atoms with Gasteiger partial charge in [0.2, 0.25) is 9.84 Å². The highest BCUT2D eigenvalue weighted by Crippen LogP contribution is 2.34. The van der Waals surface area contributed by atoms with Crippen molar-refractivity contribution in [1.82, 2.24) is 4.98 Å². The zero-order chi connectivity index (χ0) is 19.6. The maximum Gasteiger partial charge on any atom is 0.259 e. The fourth-order valence-corrected chi connectivity index (χ4v) is 4.87. The molecule has 0 saturated heterocycles. The third kappa shape index (κ3) is 3.71. The van der Waals surface area contributed by atoms with Crippen molar-refractivity contribution < 1.29 is 22.4 Å². The molecule has 2 amide bonds. The monoisotopic (exact) mass is 405 g/mol. The molecule has 7 nitrogen and oxygen atoms in total. The van der Waals surface area contributed by atoms with Gasteiger partial charge in [-0.25, -0.2) is 17.8 Å². The molecule has 0 aliphatic rings. The Morgan fingerprint density at radius 3 is 2.41 bits per heavy atom. The van der Waals surface area contributed by atoms with Crippen LogP contribution in [0.2, 0.25) is 0 Å². The molecule has 2 aromatic heterocycles. The molecule has 0 spiro atoms. The minimum atomic E-state index is -4.01. The van der Waals surface area contributed by atoms with Gasteiger partial charge in [0.15, 0.2) is 5.03 Å². The number of primary amides is 1. The second-order valence-corrected chi connectivity index (χ2v) is 8.45. The molecule has 27 heavy (non-hydrogen) atoms. The standard InChI is InChI=1S/C17H12FN3O4S2/c18-12-6-2-1-5-10(12)16(23)21-17-11(15(19)22)9-14(26-17)27(24,25)13-7-3-4-8-20-13/h1-9H,(H2,19,22)(H,21,23). The molecule has 2 heterocycles. The van der Waals surface area contributed by atoms with Crippen molar-refractivity contribution in [3.63, 3.8) is 0 Å². The summed E-state index contributed by atoms with van der Waals surface area (Å²) in [6.45, 7) is 0. The van der Waals surface area contributed by atoms with Crippen LogP contribution in [-0.2, 0) is 9.84 Å². The van der Waals surface area contributed by atoms with Crippen LogP contribution >= 0.6 is 11.3 Å². The Kier molecular flexibility index (Phi) is 5.02. The number of nitrogens with zero attached hydrogens (tertiary/aromatic N) is 1. The predicted octanol–water partition coefficient (Wildman–Crippen LogP) is 2.47. The van der Waals surface area contributed by atoms with Crippen molar-refractivity contribution in [2.24, 2.45) is 5.73 Å². The van der Waals surface area contributed by atoms with E-state index in [1.54, 1.807) is 6.07 Å². The first-order valence-corrected chi connectivity index (χ1v) is 9.76. The van der Waals surface area contributed by atoms with Gasteiger partial charge in [-0.1, -0.05) is 18.2 Å². The number of thiophene rings is 1. The van der Waals surface area contributed by atoms with Gasteiger partial charge in [-0.05, 0) is 30.3 Å². The predicted molar refractivity (Wildman–Crippen MR) is 96.9 cm³/mol. The molecular weight excluding hydrogens is 393 g/mol. The quantitative estimate of drug-likeness (QED) is 0.676. The van der Waals surface area contributed by atoms with Crippen LogP contribution in [0.4, 0.5) is 9.39 Å². The van der Waals surface area contributed by atoms with E-state index in [4.69, 9.17) is 5.73 Å². The Labute approximate surface area is 157 Å². The third-order valence-electron chi connectivity index (χ3n) is 3.50. The Morgan fingerprint density at radius 2 is 1.78 bits per heavy atom. The van der Waals surface area contributed by atoms with Crippen LogP contribution in [0, 0.1) is 5.82 Å². The minimum absolute atomic E-state index is 0.0924. The van der Waals surface area contributed by atoms with E-state index >= 15 is 0 Å². The lowest BCUT2D eigenvalue weighted by molar-refractivity contribution is 0.100. The fraction of sp³-hybridized carbons (Fsp3) is 0. The average molecular weight is 405 g/mol. The second-order valence-electron chi connectivity index (χ2n) is 5.28. The van der Waals surface area contributed by atoms with Gasteiger partial charge in [0, 0.05) is 6.20 Å². The van der Waals surface area contributed by atoms with Crippen LogP contribution in [0.25, 0.3) is 0 Å². The molecule has 3 aromatic rings. The number of amides is 2. The van der Waals surface area contributed by atoms with Crippen molar-refractivity contribution >= 4 is 38.0 Å². The Balaban J connectivity index is 2.01. The summed E-state index contributed by atoms with van der Waals surface area (Å²) in [5.74, 6) is -2.52. The van der Waals surface area contributed by atoms with Gasteiger partial charge >= 0.3 is 0 Å². The van der Waals surface area contributed by atoms with Crippen LogP contribution in [0.15, 0.2) is 64.0 Å². The van der Waals surface area contributed by atoms with Crippen molar-refractivity contribution in [2.75, 3.05) is 5.32 Å². The van der Waals surface area contributed by atoms with E-state index in [9.17, 15) is 22.4 Å². The number of rotatable bonds is 5. The minimum Gasteiger partial charge on any atom is -0.366 e. The molecule has 0 radical (unpaired) electrons. The Morgan fingerprint density at radius 1 is 1.07 bits per heavy atom. The average Bonchev–Trinajstić information content (AvgIpc) is 3.07. The number of nitrogens with one attached hydrogen (secondary N) is 1. The molecule has 0 aliphatic carbocycles. The van der Waals surface area contributed by atoms with Gasteiger partial charge in [0.05, 0.1) is 11.1 Å². The molecule has 0 saturated carbocycles. The number of benzene rings is 1. The van der Waals surface area contributed by atoms with Crippen molar-refractivity contribution in [2.45, 2.75) is 9.24 Å². The summed E-state index contributed by atoms with van der Waals surface area (Å²) in [4.78, 5) is 27.8. The largest absolute Gasteiger partial charge is 0.366 e. The summed E-state index contributed by atoms with van der Waals surface area (Å²) >= 11 is 0.635. The van der Waals surface area contributed by atoms with Crippen LogP contribution in [0.1, 0.15) is 20.7 Å². The first-order chi connectivity index (χ1) is 12.8. The molecule has 0 atom stereocenters. The van der Waals surface area contributed by atoms with Gasteiger partial charge in [0.25, 0.3) is 11.8 Å². The normalized spacial score (nSPS) is 11.1. The van der Waals surface area contributed by atoms with E-state index in [-0.39, 0.29) is 25.4 Å². The maximum atomic E-state index is 13.8. The Hall–Kier alpha value is -3.11. The fourth-order valence-electron chi connectivity index (χ4n) is 2.20. The van der Waals surface area contributed by atoms with Gasteiger partial charge in [-0.2, -0.15) is 0 Å². The molecular formula is C17H12FN3O4S2. The first-order valence-electron chi connectivity index (χ1n) is 7.46. The third-order valence-corrected chi connectivity index (χ3v) is 6.69. The smallest absolute Gasteiger partial charge is 0.259 e. The van der Waals surface area contributed by atoms with Gasteiger partial charge in [-0.15, -0.1) is 11.3 Å².